The Bertz CT molecular complexity index is 887. The zero-order valence-electron chi connectivity index (χ0n) is 15.5. The fraction of sp³-hybridized carbons (Fsp3) is 0.381. The van der Waals surface area contributed by atoms with Crippen LogP contribution in [0.15, 0.2) is 48.5 Å². The molecule has 7 heteroatoms. The Labute approximate surface area is 168 Å². The number of benzene rings is 2. The monoisotopic (exact) mass is 399 g/mol. The average molecular weight is 399 g/mol. The summed E-state index contributed by atoms with van der Waals surface area (Å²) < 4.78 is 18.9. The lowest BCUT2D eigenvalue weighted by Gasteiger charge is -2.36. The van der Waals surface area contributed by atoms with Gasteiger partial charge in [0.05, 0.1) is 32.2 Å². The van der Waals surface area contributed by atoms with Gasteiger partial charge in [-0.2, -0.15) is 0 Å². The molecule has 2 aromatic carbocycles. The summed E-state index contributed by atoms with van der Waals surface area (Å²) in [4.78, 5) is 19.0. The van der Waals surface area contributed by atoms with E-state index in [1.54, 1.807) is 23.9 Å². The first-order valence-corrected chi connectivity index (χ1v) is 10.5. The summed E-state index contributed by atoms with van der Waals surface area (Å²) in [5.41, 5.74) is 3.08. The second-order valence-corrected chi connectivity index (χ2v) is 8.62. The molecule has 0 N–H and O–H groups in total. The number of hydrogen-bond acceptors (Lipinski definition) is 5. The largest absolute Gasteiger partial charge is 0.379 e. The highest BCUT2D eigenvalue weighted by atomic mass is 32.2. The SMILES string of the molecule is O=C1CSC2(CN(CN3CCOCC3)c3ccccc32)N1c1ccc(F)cc1. The van der Waals surface area contributed by atoms with Gasteiger partial charge in [0.2, 0.25) is 5.91 Å². The van der Waals surface area contributed by atoms with Crippen molar-refractivity contribution in [3.05, 3.63) is 59.9 Å². The number of ether oxygens (including phenoxy) is 1. The van der Waals surface area contributed by atoms with Crippen LogP contribution >= 0.6 is 11.8 Å². The Morgan fingerprint density at radius 3 is 2.61 bits per heavy atom. The van der Waals surface area contributed by atoms with E-state index in [1.807, 2.05) is 17.0 Å². The van der Waals surface area contributed by atoms with Crippen molar-refractivity contribution in [2.75, 3.05) is 55.1 Å². The highest BCUT2D eigenvalue weighted by molar-refractivity contribution is 8.01. The molecule has 1 atom stereocenters. The molecule has 0 aliphatic carbocycles. The van der Waals surface area contributed by atoms with Crippen LogP contribution in [0.3, 0.4) is 0 Å². The Morgan fingerprint density at radius 1 is 1.07 bits per heavy atom. The third kappa shape index (κ3) is 2.89. The lowest BCUT2D eigenvalue weighted by molar-refractivity contribution is -0.116. The number of anilines is 2. The van der Waals surface area contributed by atoms with Gasteiger partial charge in [0.1, 0.15) is 10.7 Å². The Hall–Kier alpha value is -2.09. The number of hydrogen-bond donors (Lipinski definition) is 0. The minimum atomic E-state index is -0.474. The summed E-state index contributed by atoms with van der Waals surface area (Å²) in [5.74, 6) is 0.203. The molecular weight excluding hydrogens is 377 g/mol. The number of carbonyl (C=O) groups excluding carboxylic acids is 1. The van der Waals surface area contributed by atoms with Crippen molar-refractivity contribution < 1.29 is 13.9 Å². The first-order chi connectivity index (χ1) is 13.7. The maximum absolute atomic E-state index is 13.5. The first kappa shape index (κ1) is 18.0. The van der Waals surface area contributed by atoms with Crippen LogP contribution < -0.4 is 9.80 Å². The molecule has 28 heavy (non-hydrogen) atoms. The van der Waals surface area contributed by atoms with E-state index < -0.39 is 4.87 Å². The number of carbonyl (C=O) groups is 1. The van der Waals surface area contributed by atoms with Crippen molar-refractivity contribution in [3.63, 3.8) is 0 Å². The molecule has 3 aliphatic heterocycles. The van der Waals surface area contributed by atoms with Crippen LogP contribution in [-0.4, -0.2) is 56.1 Å². The van der Waals surface area contributed by atoms with Gasteiger partial charge in [0.15, 0.2) is 0 Å². The Kier molecular flexibility index (Phi) is 4.53. The molecule has 5 rings (SSSR count). The normalized spacial score (nSPS) is 25.0. The van der Waals surface area contributed by atoms with Gasteiger partial charge in [-0.15, -0.1) is 11.8 Å². The van der Waals surface area contributed by atoms with E-state index in [9.17, 15) is 9.18 Å². The quantitative estimate of drug-likeness (QED) is 0.793. The van der Waals surface area contributed by atoms with E-state index in [0.717, 1.165) is 50.8 Å². The van der Waals surface area contributed by atoms with Gasteiger partial charge in [0, 0.05) is 30.0 Å². The minimum Gasteiger partial charge on any atom is -0.379 e. The second-order valence-electron chi connectivity index (χ2n) is 7.37. The zero-order valence-corrected chi connectivity index (χ0v) is 16.3. The summed E-state index contributed by atoms with van der Waals surface area (Å²) in [6, 6.07) is 14.6. The molecule has 1 unspecified atom stereocenters. The molecule has 5 nitrogen and oxygen atoms in total. The molecule has 3 heterocycles. The maximum Gasteiger partial charge on any atom is 0.238 e. The molecule has 0 aromatic heterocycles. The predicted molar refractivity (Wildman–Crippen MR) is 109 cm³/mol. The molecule has 146 valence electrons. The van der Waals surface area contributed by atoms with E-state index >= 15 is 0 Å². The Balaban J connectivity index is 1.53. The number of thioether (sulfide) groups is 1. The standard InChI is InChI=1S/C21H22FN3O2S/c22-16-5-7-17(8-6-16)25-20(26)13-28-21(25)14-24(15-23-9-11-27-12-10-23)19-4-2-1-3-18(19)21/h1-8H,9-15H2. The average Bonchev–Trinajstić information content (AvgIpc) is 3.22. The van der Waals surface area contributed by atoms with Crippen LogP contribution in [0, 0.1) is 5.82 Å². The fourth-order valence-electron chi connectivity index (χ4n) is 4.39. The molecule has 2 aromatic rings. The van der Waals surface area contributed by atoms with Gasteiger partial charge in [-0.25, -0.2) is 4.39 Å². The number of morpholine rings is 1. The van der Waals surface area contributed by atoms with E-state index in [0.29, 0.717) is 5.75 Å². The van der Waals surface area contributed by atoms with Gasteiger partial charge in [-0.05, 0) is 30.3 Å². The van der Waals surface area contributed by atoms with Crippen LogP contribution in [0.25, 0.3) is 0 Å². The van der Waals surface area contributed by atoms with E-state index in [1.165, 1.54) is 17.8 Å². The number of para-hydroxylation sites is 1. The smallest absolute Gasteiger partial charge is 0.238 e. The topological polar surface area (TPSA) is 36.0 Å². The summed E-state index contributed by atoms with van der Waals surface area (Å²) in [6.07, 6.45) is 0. The van der Waals surface area contributed by atoms with Crippen molar-refractivity contribution in [2.45, 2.75) is 4.87 Å². The number of fused-ring (bicyclic) bond motifs is 2. The fourth-order valence-corrected chi connectivity index (χ4v) is 5.79. The molecule has 2 fully saturated rings. The van der Waals surface area contributed by atoms with Crippen molar-refractivity contribution in [3.8, 4) is 0 Å². The lowest BCUT2D eigenvalue weighted by atomic mass is 10.1. The number of nitrogens with zero attached hydrogens (tertiary/aromatic N) is 3. The highest BCUT2D eigenvalue weighted by Crippen LogP contribution is 2.54. The van der Waals surface area contributed by atoms with Gasteiger partial charge >= 0.3 is 0 Å². The number of rotatable bonds is 3. The third-order valence-corrected chi connectivity index (χ3v) is 7.08. The van der Waals surface area contributed by atoms with Crippen LogP contribution in [0.5, 0.6) is 0 Å². The van der Waals surface area contributed by atoms with E-state index in [2.05, 4.69) is 21.9 Å². The number of halogens is 1. The summed E-state index contributed by atoms with van der Waals surface area (Å²) in [5, 5.41) is 0. The molecule has 1 spiro atoms. The van der Waals surface area contributed by atoms with Crippen LogP contribution in [0.4, 0.5) is 15.8 Å². The van der Waals surface area contributed by atoms with Crippen LogP contribution in [-0.2, 0) is 14.4 Å². The predicted octanol–water partition coefficient (Wildman–Crippen LogP) is 2.87. The van der Waals surface area contributed by atoms with E-state index in [-0.39, 0.29) is 11.7 Å². The van der Waals surface area contributed by atoms with Gasteiger partial charge in [-0.3, -0.25) is 14.6 Å². The molecule has 2 saturated heterocycles. The molecule has 3 aliphatic rings. The lowest BCUT2D eigenvalue weighted by Crippen LogP contribution is -2.49. The van der Waals surface area contributed by atoms with Crippen molar-refractivity contribution in [1.82, 2.24) is 4.90 Å². The minimum absolute atomic E-state index is 0.0691. The van der Waals surface area contributed by atoms with Crippen LogP contribution in [0.1, 0.15) is 5.56 Å². The second kappa shape index (κ2) is 7.06. The molecular formula is C21H22FN3O2S. The van der Waals surface area contributed by atoms with Crippen LogP contribution in [0.2, 0.25) is 0 Å². The Morgan fingerprint density at radius 2 is 1.82 bits per heavy atom. The first-order valence-electron chi connectivity index (χ1n) is 9.54. The third-order valence-electron chi connectivity index (χ3n) is 5.68. The summed E-state index contributed by atoms with van der Waals surface area (Å²) in [7, 11) is 0. The van der Waals surface area contributed by atoms with Gasteiger partial charge in [0.25, 0.3) is 0 Å². The van der Waals surface area contributed by atoms with Crippen molar-refractivity contribution >= 4 is 29.0 Å². The zero-order chi connectivity index (χ0) is 19.1. The molecule has 1 amide bonds. The highest BCUT2D eigenvalue weighted by Gasteiger charge is 2.54. The van der Waals surface area contributed by atoms with Gasteiger partial charge in [-0.1, -0.05) is 18.2 Å². The van der Waals surface area contributed by atoms with Gasteiger partial charge < -0.3 is 9.64 Å². The van der Waals surface area contributed by atoms with Crippen molar-refractivity contribution in [2.24, 2.45) is 0 Å². The summed E-state index contributed by atoms with van der Waals surface area (Å²) >= 11 is 1.67. The maximum atomic E-state index is 13.5. The van der Waals surface area contributed by atoms with Crippen molar-refractivity contribution in [1.29, 1.82) is 0 Å². The van der Waals surface area contributed by atoms with E-state index in [4.69, 9.17) is 4.74 Å². The summed E-state index contributed by atoms with van der Waals surface area (Å²) in [6.45, 7) is 4.88. The number of amides is 1. The molecule has 0 radical (unpaired) electrons. The molecule has 0 bridgehead atoms. The molecule has 0 saturated carbocycles.